The van der Waals surface area contributed by atoms with E-state index in [1.165, 1.54) is 0 Å². The predicted octanol–water partition coefficient (Wildman–Crippen LogP) is 5.65. The molecule has 0 bridgehead atoms. The van der Waals surface area contributed by atoms with Crippen LogP contribution in [0.1, 0.15) is 19.4 Å². The monoisotopic (exact) mass is 505 g/mol. The van der Waals surface area contributed by atoms with Crippen LogP contribution in [-0.4, -0.2) is 43.5 Å². The molecule has 1 saturated heterocycles. The Kier molecular flexibility index (Phi) is 7.19. The highest BCUT2D eigenvalue weighted by atomic mass is 28.3. The molecular weight excluding hydrogens is 472 g/mol. The largest absolute Gasteiger partial charge is 0.450 e. The standard InChI is InChI=1S/C25H33F2N3O4Si/c1-16(2)34-25(13-32-14-25)18-12-30(15-31-8-9-35(3,4)5)24-22(18)21(6-7-29-24)33-23-19(26)10-17(28)11-20(23)27/h6-7,10-12,16H,8-9,13-15,28H2,1-5H3. The van der Waals surface area contributed by atoms with Gasteiger partial charge in [0.05, 0.1) is 24.7 Å². The fraction of sp³-hybridized carbons (Fsp3) is 0.480. The molecule has 0 amide bonds. The number of hydrogen-bond donors (Lipinski definition) is 1. The number of fused-ring (bicyclic) bond motifs is 1. The van der Waals surface area contributed by atoms with Crippen LogP contribution in [0.3, 0.4) is 0 Å². The van der Waals surface area contributed by atoms with Crippen molar-refractivity contribution in [2.45, 2.75) is 58.0 Å². The summed E-state index contributed by atoms with van der Waals surface area (Å²) in [6.07, 6.45) is 3.39. The Labute approximate surface area is 205 Å². The molecular formula is C25H33F2N3O4Si. The summed E-state index contributed by atoms with van der Waals surface area (Å²) >= 11 is 0. The SMILES string of the molecule is CC(C)OC1(c2cn(COCC[Si](C)(C)C)c3nccc(Oc4c(F)cc(N)cc4F)c23)COC1. The number of nitrogens with zero attached hydrogens (tertiary/aromatic N) is 2. The molecule has 0 aliphatic carbocycles. The Morgan fingerprint density at radius 3 is 2.46 bits per heavy atom. The minimum absolute atomic E-state index is 0.0227. The van der Waals surface area contributed by atoms with Crippen molar-refractivity contribution in [1.82, 2.24) is 9.55 Å². The molecule has 3 aromatic rings. The van der Waals surface area contributed by atoms with E-state index in [1.807, 2.05) is 24.6 Å². The zero-order chi connectivity index (χ0) is 25.4. The topological polar surface area (TPSA) is 80.8 Å². The molecule has 35 heavy (non-hydrogen) atoms. The fourth-order valence-electron chi connectivity index (χ4n) is 4.07. The van der Waals surface area contributed by atoms with Crippen LogP contribution in [-0.2, 0) is 26.5 Å². The maximum atomic E-state index is 14.6. The lowest BCUT2D eigenvalue weighted by molar-refractivity contribution is -0.231. The van der Waals surface area contributed by atoms with Crippen molar-refractivity contribution < 1.29 is 27.7 Å². The van der Waals surface area contributed by atoms with Crippen molar-refractivity contribution in [3.05, 3.63) is 47.8 Å². The zero-order valence-corrected chi connectivity index (χ0v) is 21.9. The lowest BCUT2D eigenvalue weighted by atomic mass is 9.91. The third-order valence-corrected chi connectivity index (χ3v) is 7.51. The van der Waals surface area contributed by atoms with Gasteiger partial charge in [0.1, 0.15) is 23.7 Å². The number of nitrogens with two attached hydrogens (primary N) is 1. The summed E-state index contributed by atoms with van der Waals surface area (Å²) in [4.78, 5) is 4.55. The molecule has 1 aliphatic rings. The van der Waals surface area contributed by atoms with E-state index in [-0.39, 0.29) is 24.3 Å². The number of benzene rings is 1. The number of anilines is 1. The summed E-state index contributed by atoms with van der Waals surface area (Å²) in [6.45, 7) is 12.4. The Morgan fingerprint density at radius 2 is 1.89 bits per heavy atom. The van der Waals surface area contributed by atoms with Gasteiger partial charge in [-0.3, -0.25) is 0 Å². The van der Waals surface area contributed by atoms with Gasteiger partial charge in [0.25, 0.3) is 0 Å². The summed E-state index contributed by atoms with van der Waals surface area (Å²) in [5.41, 5.74) is 6.16. The Morgan fingerprint density at radius 1 is 1.20 bits per heavy atom. The molecule has 0 unspecified atom stereocenters. The zero-order valence-electron chi connectivity index (χ0n) is 20.9. The van der Waals surface area contributed by atoms with E-state index in [0.717, 1.165) is 23.7 Å². The number of halogens is 2. The van der Waals surface area contributed by atoms with E-state index in [9.17, 15) is 8.78 Å². The third kappa shape index (κ3) is 5.50. The molecule has 190 valence electrons. The maximum Gasteiger partial charge on any atom is 0.198 e. The quantitative estimate of drug-likeness (QED) is 0.218. The van der Waals surface area contributed by atoms with Crippen molar-refractivity contribution in [3.63, 3.8) is 0 Å². The Balaban J connectivity index is 1.77. The first-order valence-corrected chi connectivity index (χ1v) is 15.4. The van der Waals surface area contributed by atoms with E-state index < -0.39 is 31.1 Å². The number of nitrogen functional groups attached to an aromatic ring is 1. The maximum absolute atomic E-state index is 14.6. The van der Waals surface area contributed by atoms with E-state index >= 15 is 0 Å². The summed E-state index contributed by atoms with van der Waals surface area (Å²) in [7, 11) is -1.24. The van der Waals surface area contributed by atoms with Gasteiger partial charge in [-0.2, -0.15) is 0 Å². The average Bonchev–Trinajstić information content (AvgIpc) is 3.09. The highest BCUT2D eigenvalue weighted by Gasteiger charge is 2.45. The van der Waals surface area contributed by atoms with E-state index in [4.69, 9.17) is 24.7 Å². The fourth-order valence-corrected chi connectivity index (χ4v) is 4.83. The third-order valence-electron chi connectivity index (χ3n) is 5.80. The van der Waals surface area contributed by atoms with Crippen LogP contribution in [0.2, 0.25) is 25.7 Å². The lowest BCUT2D eigenvalue weighted by Crippen LogP contribution is -2.50. The van der Waals surface area contributed by atoms with Crippen molar-refractivity contribution in [2.24, 2.45) is 0 Å². The molecule has 4 rings (SSSR count). The predicted molar refractivity (Wildman–Crippen MR) is 133 cm³/mol. The molecule has 1 fully saturated rings. The second kappa shape index (κ2) is 9.85. The molecule has 0 atom stereocenters. The smallest absolute Gasteiger partial charge is 0.198 e. The van der Waals surface area contributed by atoms with Crippen LogP contribution in [0.25, 0.3) is 11.0 Å². The van der Waals surface area contributed by atoms with Crippen LogP contribution in [0.15, 0.2) is 30.6 Å². The first-order valence-electron chi connectivity index (χ1n) is 11.7. The van der Waals surface area contributed by atoms with Gasteiger partial charge in [-0.15, -0.1) is 0 Å². The molecule has 7 nitrogen and oxygen atoms in total. The van der Waals surface area contributed by atoms with Gasteiger partial charge in [-0.05, 0) is 26.0 Å². The second-order valence-electron chi connectivity index (χ2n) is 10.4. The van der Waals surface area contributed by atoms with Crippen molar-refractivity contribution in [3.8, 4) is 11.5 Å². The molecule has 2 N–H and O–H groups in total. The van der Waals surface area contributed by atoms with E-state index in [0.29, 0.717) is 30.9 Å². The molecule has 1 aromatic carbocycles. The molecule has 1 aliphatic heterocycles. The number of rotatable bonds is 10. The van der Waals surface area contributed by atoms with Gasteiger partial charge in [0, 0.05) is 50.5 Å². The lowest BCUT2D eigenvalue weighted by Gasteiger charge is -2.42. The molecule has 3 heterocycles. The van der Waals surface area contributed by atoms with E-state index in [1.54, 1.807) is 12.3 Å². The van der Waals surface area contributed by atoms with Crippen LogP contribution in [0.4, 0.5) is 14.5 Å². The van der Waals surface area contributed by atoms with Crippen LogP contribution < -0.4 is 10.5 Å². The number of hydrogen-bond acceptors (Lipinski definition) is 6. The van der Waals surface area contributed by atoms with Gasteiger partial charge in [0.15, 0.2) is 17.4 Å². The van der Waals surface area contributed by atoms with Gasteiger partial charge in [0.2, 0.25) is 0 Å². The normalized spacial score (nSPS) is 15.5. The van der Waals surface area contributed by atoms with Crippen LogP contribution >= 0.6 is 0 Å². The first kappa shape index (κ1) is 25.6. The number of ether oxygens (including phenoxy) is 4. The van der Waals surface area contributed by atoms with Gasteiger partial charge < -0.3 is 29.2 Å². The Hall–Kier alpha value is -2.53. The average molecular weight is 506 g/mol. The highest BCUT2D eigenvalue weighted by Crippen LogP contribution is 2.44. The van der Waals surface area contributed by atoms with Crippen molar-refractivity contribution >= 4 is 24.8 Å². The Bertz CT molecular complexity index is 1180. The van der Waals surface area contributed by atoms with Crippen LogP contribution in [0, 0.1) is 11.6 Å². The van der Waals surface area contributed by atoms with Gasteiger partial charge in [-0.25, -0.2) is 13.8 Å². The number of pyridine rings is 1. The molecule has 0 saturated carbocycles. The first-order chi connectivity index (χ1) is 16.5. The summed E-state index contributed by atoms with van der Waals surface area (Å²) in [5, 5.41) is 0.598. The molecule has 2 aromatic heterocycles. The summed E-state index contributed by atoms with van der Waals surface area (Å²) in [5.74, 6) is -2.04. The van der Waals surface area contributed by atoms with Gasteiger partial charge >= 0.3 is 0 Å². The number of aromatic nitrogens is 2. The summed E-state index contributed by atoms with van der Waals surface area (Å²) < 4.78 is 54.6. The second-order valence-corrected chi connectivity index (χ2v) is 16.1. The van der Waals surface area contributed by atoms with E-state index in [2.05, 4.69) is 24.6 Å². The molecule has 0 radical (unpaired) electrons. The van der Waals surface area contributed by atoms with Crippen molar-refractivity contribution in [2.75, 3.05) is 25.6 Å². The molecule has 10 heteroatoms. The minimum atomic E-state index is -1.24. The minimum Gasteiger partial charge on any atom is -0.450 e. The molecule has 0 spiro atoms. The van der Waals surface area contributed by atoms with Gasteiger partial charge in [-0.1, -0.05) is 19.6 Å². The van der Waals surface area contributed by atoms with Crippen molar-refractivity contribution in [1.29, 1.82) is 0 Å². The summed E-state index contributed by atoms with van der Waals surface area (Å²) in [6, 6.07) is 4.67. The van der Waals surface area contributed by atoms with Crippen LogP contribution in [0.5, 0.6) is 11.5 Å². The highest BCUT2D eigenvalue weighted by molar-refractivity contribution is 6.76.